The van der Waals surface area contributed by atoms with E-state index in [4.69, 9.17) is 21.1 Å². The van der Waals surface area contributed by atoms with Gasteiger partial charge in [0.2, 0.25) is 0 Å². The van der Waals surface area contributed by atoms with Crippen LogP contribution in [0.15, 0.2) is 67.0 Å². The normalized spacial score (nSPS) is 10.2. The highest BCUT2D eigenvalue weighted by Gasteiger charge is 2.07. The zero-order valence-corrected chi connectivity index (χ0v) is 17.2. The van der Waals surface area contributed by atoms with Crippen LogP contribution < -0.4 is 27.2 Å². The summed E-state index contributed by atoms with van der Waals surface area (Å²) in [7, 11) is 0. The highest BCUT2D eigenvalue weighted by molar-refractivity contribution is 6.30. The van der Waals surface area contributed by atoms with Gasteiger partial charge >= 0.3 is 0 Å². The van der Waals surface area contributed by atoms with Gasteiger partial charge in [0.05, 0.1) is 6.61 Å². The molecule has 6 heteroatoms. The van der Waals surface area contributed by atoms with Gasteiger partial charge in [-0.25, -0.2) is 0 Å². The summed E-state index contributed by atoms with van der Waals surface area (Å²) in [6.45, 7) is 4.57. The standard InChI is InChI=1S/C22H23ClN2O2.ClH/c1-2-26-22-13-19(15-25-14-17-9-11-24-12-10-17)5-8-21(22)27-16-18-3-6-20(23)7-4-18;/h3-13,25H,2,14-16H2,1H3;1H/p-1. The first-order valence-corrected chi connectivity index (χ1v) is 9.35. The van der Waals surface area contributed by atoms with E-state index in [9.17, 15) is 0 Å². The largest absolute Gasteiger partial charge is 1.00 e. The van der Waals surface area contributed by atoms with Crippen LogP contribution in [-0.4, -0.2) is 11.6 Å². The summed E-state index contributed by atoms with van der Waals surface area (Å²) in [5.41, 5.74) is 3.41. The van der Waals surface area contributed by atoms with Gasteiger partial charge in [-0.2, -0.15) is 0 Å². The molecule has 0 aliphatic rings. The van der Waals surface area contributed by atoms with Crippen LogP contribution in [0.4, 0.5) is 0 Å². The van der Waals surface area contributed by atoms with Crippen LogP contribution >= 0.6 is 11.6 Å². The zero-order chi connectivity index (χ0) is 18.9. The van der Waals surface area contributed by atoms with Crippen LogP contribution in [0.5, 0.6) is 11.5 Å². The van der Waals surface area contributed by atoms with Crippen LogP contribution in [0.1, 0.15) is 23.6 Å². The third-order valence-electron chi connectivity index (χ3n) is 4.02. The fourth-order valence-corrected chi connectivity index (χ4v) is 2.77. The van der Waals surface area contributed by atoms with Crippen molar-refractivity contribution in [3.05, 3.63) is 88.7 Å². The smallest absolute Gasteiger partial charge is 0.161 e. The van der Waals surface area contributed by atoms with Gasteiger partial charge in [0, 0.05) is 30.5 Å². The molecule has 0 radical (unpaired) electrons. The Kier molecular flexibility index (Phi) is 9.08. The van der Waals surface area contributed by atoms with E-state index in [0.29, 0.717) is 13.2 Å². The third kappa shape index (κ3) is 6.71. The first kappa shape index (κ1) is 22.0. The lowest BCUT2D eigenvalue weighted by atomic mass is 10.2. The number of nitrogens with one attached hydrogen (secondary N) is 1. The van der Waals surface area contributed by atoms with Gasteiger partial charge in [0.1, 0.15) is 6.61 Å². The van der Waals surface area contributed by atoms with E-state index < -0.39 is 0 Å². The van der Waals surface area contributed by atoms with E-state index >= 15 is 0 Å². The number of hydrogen-bond donors (Lipinski definition) is 1. The number of benzene rings is 2. The minimum atomic E-state index is 0. The van der Waals surface area contributed by atoms with Crippen molar-refractivity contribution in [1.82, 2.24) is 10.3 Å². The van der Waals surface area contributed by atoms with Crippen molar-refractivity contribution in [2.45, 2.75) is 26.6 Å². The quantitative estimate of drug-likeness (QED) is 0.578. The minimum Gasteiger partial charge on any atom is -1.00 e. The Labute approximate surface area is 177 Å². The van der Waals surface area contributed by atoms with Crippen molar-refractivity contribution in [3.63, 3.8) is 0 Å². The summed E-state index contributed by atoms with van der Waals surface area (Å²) in [6.07, 6.45) is 3.61. The summed E-state index contributed by atoms with van der Waals surface area (Å²) in [4.78, 5) is 4.03. The van der Waals surface area contributed by atoms with Gasteiger partial charge in [-0.1, -0.05) is 29.8 Å². The molecule has 3 rings (SSSR count). The zero-order valence-electron chi connectivity index (χ0n) is 15.7. The molecule has 0 aliphatic carbocycles. The highest BCUT2D eigenvalue weighted by Crippen LogP contribution is 2.29. The molecule has 0 saturated carbocycles. The van der Waals surface area contributed by atoms with Crippen LogP contribution in [-0.2, 0) is 19.7 Å². The average Bonchev–Trinajstić information content (AvgIpc) is 2.70. The Bertz CT molecular complexity index is 843. The van der Waals surface area contributed by atoms with Crippen LogP contribution in [0, 0.1) is 0 Å². The van der Waals surface area contributed by atoms with Gasteiger partial charge in [-0.3, -0.25) is 4.98 Å². The fraction of sp³-hybridized carbons (Fsp3) is 0.227. The Morgan fingerprint density at radius 3 is 2.21 bits per heavy atom. The first-order chi connectivity index (χ1) is 13.2. The van der Waals surface area contributed by atoms with Crippen molar-refractivity contribution in [2.75, 3.05) is 6.61 Å². The Morgan fingerprint density at radius 2 is 1.50 bits per heavy atom. The van der Waals surface area contributed by atoms with Gasteiger partial charge in [0.25, 0.3) is 0 Å². The van der Waals surface area contributed by atoms with Gasteiger partial charge < -0.3 is 27.2 Å². The SMILES string of the molecule is CCOc1cc(CNCc2ccncc2)ccc1OCc1ccc(Cl)cc1.[Cl-]. The third-order valence-corrected chi connectivity index (χ3v) is 4.28. The number of hydrogen-bond acceptors (Lipinski definition) is 4. The van der Waals surface area contributed by atoms with E-state index in [2.05, 4.69) is 16.4 Å². The second-order valence-electron chi connectivity index (χ2n) is 6.09. The maximum atomic E-state index is 5.95. The lowest BCUT2D eigenvalue weighted by molar-refractivity contribution is -0.00000624. The Balaban J connectivity index is 0.00000280. The molecular formula is C22H23Cl2N2O2-. The number of pyridine rings is 1. The first-order valence-electron chi connectivity index (χ1n) is 8.97. The summed E-state index contributed by atoms with van der Waals surface area (Å²) in [5, 5.41) is 4.15. The topological polar surface area (TPSA) is 43.4 Å². The number of halogens is 2. The second-order valence-corrected chi connectivity index (χ2v) is 6.52. The van der Waals surface area contributed by atoms with E-state index in [-0.39, 0.29) is 12.4 Å². The molecule has 0 fully saturated rings. The maximum absolute atomic E-state index is 5.95. The minimum absolute atomic E-state index is 0. The molecule has 1 aromatic heterocycles. The Morgan fingerprint density at radius 1 is 0.821 bits per heavy atom. The monoisotopic (exact) mass is 417 g/mol. The molecule has 148 valence electrons. The molecular weight excluding hydrogens is 395 g/mol. The molecule has 4 nitrogen and oxygen atoms in total. The molecule has 0 unspecified atom stereocenters. The number of ether oxygens (including phenoxy) is 2. The maximum Gasteiger partial charge on any atom is 0.161 e. The Hall–Kier alpha value is -2.27. The second kappa shape index (κ2) is 11.5. The number of rotatable bonds is 9. The van der Waals surface area contributed by atoms with Crippen LogP contribution in [0.3, 0.4) is 0 Å². The summed E-state index contributed by atoms with van der Waals surface area (Å²) in [6, 6.07) is 17.7. The van der Waals surface area contributed by atoms with E-state index in [1.165, 1.54) is 5.56 Å². The predicted octanol–water partition coefficient (Wildman–Crippen LogP) is 2.01. The van der Waals surface area contributed by atoms with Gasteiger partial charge in [0.15, 0.2) is 11.5 Å². The van der Waals surface area contributed by atoms with Crippen molar-refractivity contribution < 1.29 is 21.9 Å². The summed E-state index contributed by atoms with van der Waals surface area (Å²) < 4.78 is 11.7. The molecule has 0 saturated heterocycles. The van der Waals surface area contributed by atoms with Gasteiger partial charge in [-0.15, -0.1) is 0 Å². The van der Waals surface area contributed by atoms with Crippen LogP contribution in [0.2, 0.25) is 5.02 Å². The van der Waals surface area contributed by atoms with Crippen molar-refractivity contribution in [1.29, 1.82) is 0 Å². The molecule has 0 bridgehead atoms. The van der Waals surface area contributed by atoms with E-state index in [0.717, 1.165) is 40.7 Å². The molecule has 2 aromatic carbocycles. The molecule has 0 aliphatic heterocycles. The summed E-state index contributed by atoms with van der Waals surface area (Å²) in [5.74, 6) is 1.50. The van der Waals surface area contributed by atoms with Gasteiger partial charge in [-0.05, 0) is 60.0 Å². The molecule has 1 heterocycles. The molecule has 1 N–H and O–H groups in total. The molecule has 0 amide bonds. The van der Waals surface area contributed by atoms with Crippen molar-refractivity contribution in [2.24, 2.45) is 0 Å². The van der Waals surface area contributed by atoms with Crippen molar-refractivity contribution >= 4 is 11.6 Å². The van der Waals surface area contributed by atoms with Crippen LogP contribution in [0.25, 0.3) is 0 Å². The lowest BCUT2D eigenvalue weighted by Crippen LogP contribution is -3.00. The van der Waals surface area contributed by atoms with E-state index in [1.54, 1.807) is 12.4 Å². The predicted molar refractivity (Wildman–Crippen MR) is 108 cm³/mol. The lowest BCUT2D eigenvalue weighted by Gasteiger charge is -2.14. The number of nitrogens with zero attached hydrogens (tertiary/aromatic N) is 1. The molecule has 0 atom stereocenters. The highest BCUT2D eigenvalue weighted by atomic mass is 35.5. The fourth-order valence-electron chi connectivity index (χ4n) is 2.64. The molecule has 3 aromatic rings. The van der Waals surface area contributed by atoms with Crippen molar-refractivity contribution in [3.8, 4) is 11.5 Å². The molecule has 0 spiro atoms. The average molecular weight is 418 g/mol. The molecule has 28 heavy (non-hydrogen) atoms. The number of aromatic nitrogens is 1. The van der Waals surface area contributed by atoms with E-state index in [1.807, 2.05) is 55.5 Å². The summed E-state index contributed by atoms with van der Waals surface area (Å²) >= 11 is 5.92.